The Kier molecular flexibility index (Phi) is 8.48. The van der Waals surface area contributed by atoms with E-state index in [0.717, 1.165) is 16.8 Å². The van der Waals surface area contributed by atoms with Crippen LogP contribution in [0, 0.1) is 0 Å². The number of nitrogens with one attached hydrogen (secondary N) is 2. The number of aromatic nitrogens is 2. The van der Waals surface area contributed by atoms with Crippen molar-refractivity contribution in [3.63, 3.8) is 0 Å². The summed E-state index contributed by atoms with van der Waals surface area (Å²) in [6, 6.07) is 10.9. The number of nitrogens with zero attached hydrogens (tertiary/aromatic N) is 2. The lowest BCUT2D eigenvalue weighted by Crippen LogP contribution is -2.25. The number of halogens is 3. The lowest BCUT2D eigenvalue weighted by molar-refractivity contribution is -0.137. The SMILES string of the molecule is CCOCCCNC(=O)c1cccc(NC(=O)c2nn(-c3cccc(C(F)(F)F)c3)cc2OC)c1. The highest BCUT2D eigenvalue weighted by atomic mass is 19.4. The van der Waals surface area contributed by atoms with E-state index in [2.05, 4.69) is 15.7 Å². The monoisotopic (exact) mass is 490 g/mol. The van der Waals surface area contributed by atoms with Crippen molar-refractivity contribution >= 4 is 17.5 Å². The van der Waals surface area contributed by atoms with E-state index in [9.17, 15) is 22.8 Å². The van der Waals surface area contributed by atoms with Gasteiger partial charge < -0.3 is 20.1 Å². The zero-order chi connectivity index (χ0) is 25.4. The summed E-state index contributed by atoms with van der Waals surface area (Å²) in [7, 11) is 1.32. The average molecular weight is 490 g/mol. The Bertz CT molecular complexity index is 1180. The molecule has 35 heavy (non-hydrogen) atoms. The number of rotatable bonds is 10. The van der Waals surface area contributed by atoms with Gasteiger partial charge >= 0.3 is 6.18 Å². The molecule has 2 N–H and O–H groups in total. The molecule has 1 heterocycles. The lowest BCUT2D eigenvalue weighted by atomic mass is 10.2. The molecular weight excluding hydrogens is 465 g/mol. The summed E-state index contributed by atoms with van der Waals surface area (Å²) in [5, 5.41) is 9.53. The van der Waals surface area contributed by atoms with Crippen molar-refractivity contribution < 1.29 is 32.2 Å². The van der Waals surface area contributed by atoms with Gasteiger partial charge in [0.1, 0.15) is 0 Å². The summed E-state index contributed by atoms with van der Waals surface area (Å²) in [4.78, 5) is 25.2. The van der Waals surface area contributed by atoms with E-state index in [1.54, 1.807) is 18.2 Å². The molecule has 3 aromatic rings. The molecule has 0 spiro atoms. The molecule has 0 saturated carbocycles. The van der Waals surface area contributed by atoms with Crippen LogP contribution in [-0.4, -0.2) is 48.5 Å². The molecule has 0 saturated heterocycles. The zero-order valence-electron chi connectivity index (χ0n) is 19.2. The Morgan fingerprint density at radius 1 is 1.09 bits per heavy atom. The van der Waals surface area contributed by atoms with Crippen LogP contribution < -0.4 is 15.4 Å². The maximum Gasteiger partial charge on any atom is 0.416 e. The van der Waals surface area contributed by atoms with E-state index in [0.29, 0.717) is 37.4 Å². The normalized spacial score (nSPS) is 11.2. The maximum absolute atomic E-state index is 13.1. The molecule has 0 aliphatic heterocycles. The highest BCUT2D eigenvalue weighted by Gasteiger charge is 2.30. The number of methoxy groups -OCH3 is 1. The minimum Gasteiger partial charge on any atom is -0.493 e. The molecule has 0 aliphatic carbocycles. The van der Waals surface area contributed by atoms with Crippen molar-refractivity contribution in [3.8, 4) is 11.4 Å². The van der Waals surface area contributed by atoms with E-state index in [1.165, 1.54) is 31.5 Å². The largest absolute Gasteiger partial charge is 0.493 e. The van der Waals surface area contributed by atoms with Gasteiger partial charge in [-0.25, -0.2) is 4.68 Å². The van der Waals surface area contributed by atoms with Gasteiger partial charge in [-0.3, -0.25) is 9.59 Å². The van der Waals surface area contributed by atoms with E-state index in [-0.39, 0.29) is 23.0 Å². The summed E-state index contributed by atoms with van der Waals surface area (Å²) in [6.45, 7) is 3.49. The van der Waals surface area contributed by atoms with Gasteiger partial charge in [-0.15, -0.1) is 0 Å². The van der Waals surface area contributed by atoms with Crippen LogP contribution in [0.3, 0.4) is 0 Å². The summed E-state index contributed by atoms with van der Waals surface area (Å²) >= 11 is 0. The van der Waals surface area contributed by atoms with Crippen LogP contribution >= 0.6 is 0 Å². The van der Waals surface area contributed by atoms with Crippen LogP contribution in [0.5, 0.6) is 5.75 Å². The number of carbonyl (C=O) groups is 2. The molecule has 0 bridgehead atoms. The van der Waals surface area contributed by atoms with Crippen molar-refractivity contribution in [2.24, 2.45) is 0 Å². The Balaban J connectivity index is 1.73. The Hall–Kier alpha value is -3.86. The number of benzene rings is 2. The van der Waals surface area contributed by atoms with Crippen LogP contribution in [0.25, 0.3) is 5.69 Å². The first-order chi connectivity index (χ1) is 16.7. The second kappa shape index (κ2) is 11.5. The molecule has 0 radical (unpaired) electrons. The molecule has 11 heteroatoms. The topological polar surface area (TPSA) is 94.5 Å². The predicted molar refractivity (Wildman–Crippen MR) is 123 cm³/mol. The zero-order valence-corrected chi connectivity index (χ0v) is 19.2. The quantitative estimate of drug-likeness (QED) is 0.413. The first kappa shape index (κ1) is 25.8. The lowest BCUT2D eigenvalue weighted by Gasteiger charge is -2.09. The average Bonchev–Trinajstić information content (AvgIpc) is 3.28. The first-order valence-corrected chi connectivity index (χ1v) is 10.8. The van der Waals surface area contributed by atoms with Crippen molar-refractivity contribution in [2.75, 3.05) is 32.2 Å². The van der Waals surface area contributed by atoms with E-state index in [4.69, 9.17) is 9.47 Å². The molecule has 8 nitrogen and oxygen atoms in total. The second-order valence-electron chi connectivity index (χ2n) is 7.38. The van der Waals surface area contributed by atoms with Crippen LogP contribution in [0.1, 0.15) is 39.8 Å². The standard InChI is InChI=1S/C24H25F3N4O4/c1-3-35-12-6-11-28-22(32)16-7-4-9-18(13-16)29-23(33)21-20(34-2)15-31(30-21)19-10-5-8-17(14-19)24(25,26)27/h4-5,7-10,13-15H,3,6,11-12H2,1-2H3,(H,28,32)(H,29,33). The molecule has 1 aromatic heterocycles. The molecule has 0 unspecified atom stereocenters. The molecule has 2 amide bonds. The third kappa shape index (κ3) is 6.82. The van der Waals surface area contributed by atoms with Crippen molar-refractivity contribution in [1.29, 1.82) is 0 Å². The van der Waals surface area contributed by atoms with Gasteiger partial charge in [0, 0.05) is 31.0 Å². The third-order valence-electron chi connectivity index (χ3n) is 4.89. The van der Waals surface area contributed by atoms with E-state index >= 15 is 0 Å². The molecular formula is C24H25F3N4O4. The summed E-state index contributed by atoms with van der Waals surface area (Å²) < 4.78 is 50.7. The fourth-order valence-corrected chi connectivity index (χ4v) is 3.17. The minimum atomic E-state index is -4.52. The van der Waals surface area contributed by atoms with Crippen molar-refractivity contribution in [1.82, 2.24) is 15.1 Å². The number of hydrogen-bond acceptors (Lipinski definition) is 5. The number of anilines is 1. The van der Waals surface area contributed by atoms with Gasteiger partial charge in [0.05, 0.1) is 24.6 Å². The number of amides is 2. The summed E-state index contributed by atoms with van der Waals surface area (Å²) in [6.07, 6.45) is -2.53. The highest BCUT2D eigenvalue weighted by molar-refractivity contribution is 6.05. The fraction of sp³-hybridized carbons (Fsp3) is 0.292. The summed E-state index contributed by atoms with van der Waals surface area (Å²) in [5.74, 6) is -0.881. The van der Waals surface area contributed by atoms with Crippen molar-refractivity contribution in [2.45, 2.75) is 19.5 Å². The predicted octanol–water partition coefficient (Wildman–Crippen LogP) is 4.31. The van der Waals surface area contributed by atoms with Crippen LogP contribution in [-0.2, 0) is 10.9 Å². The molecule has 186 valence electrons. The van der Waals surface area contributed by atoms with Crippen LogP contribution in [0.4, 0.5) is 18.9 Å². The number of hydrogen-bond donors (Lipinski definition) is 2. The molecule has 0 fully saturated rings. The Morgan fingerprint density at radius 2 is 1.86 bits per heavy atom. The van der Waals surface area contributed by atoms with Gasteiger partial charge in [0.2, 0.25) is 0 Å². The minimum absolute atomic E-state index is 0.0723. The maximum atomic E-state index is 13.1. The van der Waals surface area contributed by atoms with Gasteiger partial charge in [0.25, 0.3) is 11.8 Å². The van der Waals surface area contributed by atoms with E-state index < -0.39 is 17.6 Å². The first-order valence-electron chi connectivity index (χ1n) is 10.8. The summed E-state index contributed by atoms with van der Waals surface area (Å²) in [5.41, 5.74) is -0.173. The van der Waals surface area contributed by atoms with Gasteiger partial charge in [0.15, 0.2) is 11.4 Å². The van der Waals surface area contributed by atoms with Crippen LogP contribution in [0.15, 0.2) is 54.7 Å². The second-order valence-corrected chi connectivity index (χ2v) is 7.38. The third-order valence-corrected chi connectivity index (χ3v) is 4.89. The number of alkyl halides is 3. The molecule has 0 aliphatic rings. The molecule has 2 aromatic carbocycles. The highest BCUT2D eigenvalue weighted by Crippen LogP contribution is 2.31. The van der Waals surface area contributed by atoms with Gasteiger partial charge in [-0.1, -0.05) is 12.1 Å². The van der Waals surface area contributed by atoms with Crippen LogP contribution in [0.2, 0.25) is 0 Å². The van der Waals surface area contributed by atoms with Gasteiger partial charge in [-0.05, 0) is 49.7 Å². The number of ether oxygens (including phenoxy) is 2. The Morgan fingerprint density at radius 3 is 2.57 bits per heavy atom. The Labute approximate surface area is 200 Å². The van der Waals surface area contributed by atoms with Gasteiger partial charge in [-0.2, -0.15) is 18.3 Å². The molecule has 3 rings (SSSR count). The molecule has 0 atom stereocenters. The van der Waals surface area contributed by atoms with Crippen molar-refractivity contribution in [3.05, 3.63) is 71.5 Å². The smallest absolute Gasteiger partial charge is 0.416 e. The van der Waals surface area contributed by atoms with E-state index in [1.807, 2.05) is 6.92 Å². The fourth-order valence-electron chi connectivity index (χ4n) is 3.17. The number of carbonyl (C=O) groups excluding carboxylic acids is 2.